The van der Waals surface area contributed by atoms with Gasteiger partial charge in [-0.3, -0.25) is 19.3 Å². The molecule has 2 aliphatic rings. The second-order valence-corrected chi connectivity index (χ2v) is 8.10. The molecule has 0 aromatic heterocycles. The number of imide groups is 1. The van der Waals surface area contributed by atoms with Gasteiger partial charge in [-0.15, -0.1) is 0 Å². The summed E-state index contributed by atoms with van der Waals surface area (Å²) in [5.74, 6) is -0.323. The van der Waals surface area contributed by atoms with E-state index in [9.17, 15) is 14.4 Å². The maximum Gasteiger partial charge on any atom is 0.243 e. The fraction of sp³-hybridized carbons (Fsp3) is 0.609. The van der Waals surface area contributed by atoms with Gasteiger partial charge < -0.3 is 0 Å². The van der Waals surface area contributed by atoms with Gasteiger partial charge in [0.1, 0.15) is 11.2 Å². The molecule has 4 heteroatoms. The summed E-state index contributed by atoms with van der Waals surface area (Å²) in [5, 5.41) is 0. The van der Waals surface area contributed by atoms with Crippen molar-refractivity contribution in [2.45, 2.75) is 83.6 Å². The molecule has 1 aliphatic carbocycles. The number of piperidine rings is 1. The van der Waals surface area contributed by atoms with Gasteiger partial charge in [-0.2, -0.15) is 0 Å². The summed E-state index contributed by atoms with van der Waals surface area (Å²) < 4.78 is 0. The number of nitrogens with zero attached hydrogens (tertiary/aromatic N) is 1. The molecule has 4 nitrogen and oxygen atoms in total. The van der Waals surface area contributed by atoms with E-state index in [1.54, 1.807) is 0 Å². The molecule has 1 aromatic carbocycles. The average molecular weight is 370 g/mol. The number of carbonyl (C=O) groups is 3. The molecule has 1 saturated heterocycles. The fourth-order valence-corrected chi connectivity index (χ4v) is 4.50. The molecule has 0 bridgehead atoms. The average Bonchev–Trinajstić information content (AvgIpc) is 2.68. The Kier molecular flexibility index (Phi) is 6.81. The molecule has 1 aliphatic heterocycles. The smallest absolute Gasteiger partial charge is 0.243 e. The Hall–Kier alpha value is -1.97. The van der Waals surface area contributed by atoms with Crippen LogP contribution in [-0.2, 0) is 20.9 Å². The van der Waals surface area contributed by atoms with Crippen molar-refractivity contribution in [3.05, 3.63) is 35.9 Å². The van der Waals surface area contributed by atoms with Crippen molar-refractivity contribution in [1.82, 2.24) is 4.90 Å². The molecule has 146 valence electrons. The summed E-state index contributed by atoms with van der Waals surface area (Å²) in [7, 11) is 0. The molecule has 0 radical (unpaired) electrons. The number of Topliss-reactive ketones (excluding diaryl/α,β-unsaturated/α-hetero) is 1. The van der Waals surface area contributed by atoms with Crippen molar-refractivity contribution < 1.29 is 14.4 Å². The van der Waals surface area contributed by atoms with Crippen LogP contribution >= 0.6 is 0 Å². The molecule has 2 amide bonds. The minimum absolute atomic E-state index is 0.0682. The minimum atomic E-state index is -0.970. The van der Waals surface area contributed by atoms with E-state index in [1.807, 2.05) is 30.3 Å². The van der Waals surface area contributed by atoms with Gasteiger partial charge >= 0.3 is 0 Å². The van der Waals surface area contributed by atoms with Crippen molar-refractivity contribution in [2.24, 2.45) is 5.41 Å². The van der Waals surface area contributed by atoms with Crippen LogP contribution in [0, 0.1) is 5.41 Å². The number of hydrogen-bond acceptors (Lipinski definition) is 3. The standard InChI is InChI=1S/C23H31NO3/c25-20-14-10-5-3-1-2-4-6-11-16-23(20)17-15-21(26)24(22(23)27)18-19-12-8-7-9-13-19/h7-9,12-13H,1-6,10-11,14-18H2. The quantitative estimate of drug-likeness (QED) is 0.555. The van der Waals surface area contributed by atoms with Crippen LogP contribution in [0.2, 0.25) is 0 Å². The molecule has 1 saturated carbocycles. The summed E-state index contributed by atoms with van der Waals surface area (Å²) >= 11 is 0. The number of hydrogen-bond donors (Lipinski definition) is 0. The topological polar surface area (TPSA) is 54.5 Å². The third kappa shape index (κ3) is 4.66. The lowest BCUT2D eigenvalue weighted by molar-refractivity contribution is -0.162. The first kappa shape index (κ1) is 19.8. The third-order valence-corrected chi connectivity index (χ3v) is 6.20. The SMILES string of the molecule is O=C1CCC2(CCCCCCCCCCC2=O)C(=O)N1Cc1ccccc1. The van der Waals surface area contributed by atoms with Gasteiger partial charge in [0.2, 0.25) is 11.8 Å². The van der Waals surface area contributed by atoms with E-state index >= 15 is 0 Å². The minimum Gasteiger partial charge on any atom is -0.299 e. The Bertz CT molecular complexity index is 669. The van der Waals surface area contributed by atoms with E-state index in [0.717, 1.165) is 31.2 Å². The van der Waals surface area contributed by atoms with Gasteiger partial charge in [0.25, 0.3) is 0 Å². The van der Waals surface area contributed by atoms with Gasteiger partial charge in [0.05, 0.1) is 6.54 Å². The summed E-state index contributed by atoms with van der Waals surface area (Å²) in [4.78, 5) is 40.5. The van der Waals surface area contributed by atoms with Crippen molar-refractivity contribution in [3.63, 3.8) is 0 Å². The highest BCUT2D eigenvalue weighted by Gasteiger charge is 2.51. The Morgan fingerprint density at radius 3 is 2.07 bits per heavy atom. The lowest BCUT2D eigenvalue weighted by atomic mass is 9.70. The largest absolute Gasteiger partial charge is 0.299 e. The van der Waals surface area contributed by atoms with Crippen molar-refractivity contribution >= 4 is 17.6 Å². The van der Waals surface area contributed by atoms with Crippen LogP contribution in [0.15, 0.2) is 30.3 Å². The van der Waals surface area contributed by atoms with Gasteiger partial charge in [0, 0.05) is 12.8 Å². The highest BCUT2D eigenvalue weighted by Crippen LogP contribution is 2.40. The van der Waals surface area contributed by atoms with Crippen molar-refractivity contribution in [1.29, 1.82) is 0 Å². The van der Waals surface area contributed by atoms with Crippen LogP contribution in [-0.4, -0.2) is 22.5 Å². The molecule has 27 heavy (non-hydrogen) atoms. The predicted octanol–water partition coefficient (Wildman–Crippen LogP) is 4.81. The monoisotopic (exact) mass is 369 g/mol. The summed E-state index contributed by atoms with van der Waals surface area (Å²) in [6, 6.07) is 9.58. The highest BCUT2D eigenvalue weighted by atomic mass is 16.2. The number of amides is 2. The number of rotatable bonds is 2. The second kappa shape index (κ2) is 9.29. The molecular weight excluding hydrogens is 338 g/mol. The van der Waals surface area contributed by atoms with Crippen molar-refractivity contribution in [3.8, 4) is 0 Å². The summed E-state index contributed by atoms with van der Waals surface area (Å²) in [6.07, 6.45) is 10.5. The third-order valence-electron chi connectivity index (χ3n) is 6.20. The number of benzene rings is 1. The number of carbonyl (C=O) groups excluding carboxylic acids is 3. The molecule has 1 unspecified atom stereocenters. The van der Waals surface area contributed by atoms with Crippen LogP contribution in [0.25, 0.3) is 0 Å². The van der Waals surface area contributed by atoms with Gasteiger partial charge in [-0.05, 0) is 24.8 Å². The van der Waals surface area contributed by atoms with Gasteiger partial charge in [-0.25, -0.2) is 0 Å². The van der Waals surface area contributed by atoms with Gasteiger partial charge in [0.15, 0.2) is 0 Å². The lowest BCUT2D eigenvalue weighted by Crippen LogP contribution is -2.54. The van der Waals surface area contributed by atoms with Crippen molar-refractivity contribution in [2.75, 3.05) is 0 Å². The zero-order valence-corrected chi connectivity index (χ0v) is 16.3. The maximum atomic E-state index is 13.4. The molecular formula is C23H31NO3. The summed E-state index contributed by atoms with van der Waals surface area (Å²) in [5.41, 5.74) is -0.0427. The molecule has 2 fully saturated rings. The Labute approximate surface area is 162 Å². The Balaban J connectivity index is 1.81. The van der Waals surface area contributed by atoms with E-state index in [4.69, 9.17) is 0 Å². The van der Waals surface area contributed by atoms with Crippen LogP contribution in [0.4, 0.5) is 0 Å². The normalized spacial score (nSPS) is 25.9. The first-order chi connectivity index (χ1) is 13.1. The molecule has 0 N–H and O–H groups in total. The molecule has 1 spiro atoms. The van der Waals surface area contributed by atoms with Crippen LogP contribution in [0.3, 0.4) is 0 Å². The maximum absolute atomic E-state index is 13.4. The Morgan fingerprint density at radius 1 is 0.741 bits per heavy atom. The first-order valence-corrected chi connectivity index (χ1v) is 10.6. The van der Waals surface area contributed by atoms with Crippen LogP contribution in [0.5, 0.6) is 0 Å². The number of ketones is 1. The molecule has 1 heterocycles. The molecule has 3 rings (SSSR count). The summed E-state index contributed by atoms with van der Waals surface area (Å²) in [6.45, 7) is 0.271. The predicted molar refractivity (Wildman–Crippen MR) is 105 cm³/mol. The van der Waals surface area contributed by atoms with E-state index in [-0.39, 0.29) is 24.1 Å². The molecule has 1 aromatic rings. The van der Waals surface area contributed by atoms with E-state index in [0.29, 0.717) is 25.7 Å². The van der Waals surface area contributed by atoms with E-state index < -0.39 is 5.41 Å². The zero-order valence-electron chi connectivity index (χ0n) is 16.3. The molecule has 1 atom stereocenters. The van der Waals surface area contributed by atoms with E-state index in [1.165, 1.54) is 30.6 Å². The van der Waals surface area contributed by atoms with E-state index in [2.05, 4.69) is 0 Å². The first-order valence-electron chi connectivity index (χ1n) is 10.6. The Morgan fingerprint density at radius 2 is 1.37 bits per heavy atom. The zero-order chi connectivity index (χ0) is 19.1. The number of likely N-dealkylation sites (tertiary alicyclic amines) is 1. The van der Waals surface area contributed by atoms with Crippen LogP contribution < -0.4 is 0 Å². The van der Waals surface area contributed by atoms with Gasteiger partial charge in [-0.1, -0.05) is 75.3 Å². The highest BCUT2D eigenvalue weighted by molar-refractivity contribution is 6.12. The van der Waals surface area contributed by atoms with Crippen LogP contribution in [0.1, 0.15) is 82.6 Å². The second-order valence-electron chi connectivity index (χ2n) is 8.10. The lowest BCUT2D eigenvalue weighted by Gasteiger charge is -2.40. The fourth-order valence-electron chi connectivity index (χ4n) is 4.50.